The van der Waals surface area contributed by atoms with Gasteiger partial charge in [-0.2, -0.15) is 0 Å². The number of anilines is 1. The van der Waals surface area contributed by atoms with E-state index < -0.39 is 30.3 Å². The molecule has 0 N–H and O–H groups in total. The number of carbonyl (C=O) groups is 3. The van der Waals surface area contributed by atoms with Crippen LogP contribution in [-0.2, 0) is 40.5 Å². The fourth-order valence-electron chi connectivity index (χ4n) is 7.26. The number of benzene rings is 5. The molecule has 2 aliphatic rings. The Balaban J connectivity index is 1.70. The predicted octanol–water partition coefficient (Wildman–Crippen LogP) is 5.50. The summed E-state index contributed by atoms with van der Waals surface area (Å²) >= 11 is 0. The molecular formula is C39H32NO6P. The fraction of sp³-hybridized carbons (Fsp3) is 0.103. The first-order valence-electron chi connectivity index (χ1n) is 15.2. The van der Waals surface area contributed by atoms with E-state index in [1.807, 2.05) is 133 Å². The SMILES string of the molecule is COC(=O)C1=C(C(=O)OC)P(c2ccccc2)(c2ccccc2)(c2ccccc2)OC12C(=O)N(Cc1ccccc1)c1ccccc12. The van der Waals surface area contributed by atoms with Crippen molar-refractivity contribution in [3.05, 3.63) is 168 Å². The van der Waals surface area contributed by atoms with E-state index in [4.69, 9.17) is 14.0 Å². The molecule has 5 aromatic rings. The molecule has 8 heteroatoms. The molecule has 7 rings (SSSR count). The van der Waals surface area contributed by atoms with E-state index in [1.165, 1.54) is 14.2 Å². The minimum atomic E-state index is -4.83. The Kier molecular flexibility index (Phi) is 7.39. The molecule has 234 valence electrons. The number of carbonyl (C=O) groups excluding carboxylic acids is 3. The van der Waals surface area contributed by atoms with Crippen LogP contribution >= 0.6 is 6.83 Å². The van der Waals surface area contributed by atoms with Crippen molar-refractivity contribution in [2.24, 2.45) is 0 Å². The zero-order valence-corrected chi connectivity index (χ0v) is 26.8. The van der Waals surface area contributed by atoms with Gasteiger partial charge < -0.3 is 0 Å². The van der Waals surface area contributed by atoms with Crippen molar-refractivity contribution >= 4 is 46.3 Å². The summed E-state index contributed by atoms with van der Waals surface area (Å²) in [6.07, 6.45) is 0. The molecule has 1 spiro atoms. The van der Waals surface area contributed by atoms with Gasteiger partial charge in [0.1, 0.15) is 0 Å². The van der Waals surface area contributed by atoms with Crippen LogP contribution in [0.3, 0.4) is 0 Å². The van der Waals surface area contributed by atoms with Crippen molar-refractivity contribution in [1.82, 2.24) is 0 Å². The van der Waals surface area contributed by atoms with E-state index >= 15 is 4.79 Å². The number of para-hydroxylation sites is 1. The Morgan fingerprint density at radius 3 is 1.57 bits per heavy atom. The molecule has 2 aliphatic heterocycles. The number of esters is 2. The molecule has 1 unspecified atom stereocenters. The van der Waals surface area contributed by atoms with Gasteiger partial charge >= 0.3 is 274 Å². The summed E-state index contributed by atoms with van der Waals surface area (Å²) in [5, 5.41) is 1.85. The van der Waals surface area contributed by atoms with E-state index in [1.54, 1.807) is 17.0 Å². The Labute approximate surface area is 273 Å². The topological polar surface area (TPSA) is 82.1 Å². The van der Waals surface area contributed by atoms with Gasteiger partial charge in [-0.25, -0.2) is 0 Å². The van der Waals surface area contributed by atoms with Crippen molar-refractivity contribution in [1.29, 1.82) is 0 Å². The zero-order chi connectivity index (χ0) is 32.7. The minimum absolute atomic E-state index is 0.0290. The third-order valence-corrected chi connectivity index (χ3v) is 14.9. The van der Waals surface area contributed by atoms with Gasteiger partial charge in [0.25, 0.3) is 0 Å². The van der Waals surface area contributed by atoms with Crippen LogP contribution in [0.4, 0.5) is 5.69 Å². The zero-order valence-electron chi connectivity index (χ0n) is 25.9. The molecule has 1 atom stereocenters. The van der Waals surface area contributed by atoms with E-state index in [9.17, 15) is 9.59 Å². The van der Waals surface area contributed by atoms with Gasteiger partial charge in [0.2, 0.25) is 0 Å². The number of ether oxygens (including phenoxy) is 2. The molecule has 7 nitrogen and oxygen atoms in total. The Morgan fingerprint density at radius 1 is 0.638 bits per heavy atom. The Bertz CT molecular complexity index is 1930. The van der Waals surface area contributed by atoms with Gasteiger partial charge in [0, 0.05) is 0 Å². The van der Waals surface area contributed by atoms with Crippen LogP contribution in [0.15, 0.2) is 156 Å². The summed E-state index contributed by atoms with van der Waals surface area (Å²) in [5.74, 6) is -2.15. The van der Waals surface area contributed by atoms with Crippen LogP contribution in [0.5, 0.6) is 0 Å². The van der Waals surface area contributed by atoms with Gasteiger partial charge in [-0.15, -0.1) is 0 Å². The van der Waals surface area contributed by atoms with Crippen LogP contribution in [0.1, 0.15) is 11.1 Å². The average Bonchev–Trinajstić information content (AvgIpc) is 3.57. The molecule has 47 heavy (non-hydrogen) atoms. The monoisotopic (exact) mass is 641 g/mol. The second kappa shape index (κ2) is 11.5. The quantitative estimate of drug-likeness (QED) is 0.172. The third kappa shape index (κ3) is 4.03. The van der Waals surface area contributed by atoms with Crippen molar-refractivity contribution in [3.63, 3.8) is 0 Å². The van der Waals surface area contributed by atoms with Crippen molar-refractivity contribution < 1.29 is 28.4 Å². The van der Waals surface area contributed by atoms with Gasteiger partial charge in [-0.05, 0) is 0 Å². The van der Waals surface area contributed by atoms with Gasteiger partial charge in [0.05, 0.1) is 0 Å². The molecule has 1 amide bonds. The third-order valence-electron chi connectivity index (χ3n) is 9.15. The fourth-order valence-corrected chi connectivity index (χ4v) is 13.5. The van der Waals surface area contributed by atoms with Crippen molar-refractivity contribution in [3.8, 4) is 0 Å². The first kappa shape index (κ1) is 30.3. The summed E-state index contributed by atoms with van der Waals surface area (Å²) in [6.45, 7) is -4.62. The van der Waals surface area contributed by atoms with Crippen molar-refractivity contribution in [2.45, 2.75) is 12.1 Å². The number of nitrogens with zero attached hydrogens (tertiary/aromatic N) is 1. The number of amides is 1. The molecule has 5 aromatic carbocycles. The second-order valence-corrected chi connectivity index (χ2v) is 15.7. The van der Waals surface area contributed by atoms with E-state index in [-0.39, 0.29) is 17.4 Å². The Hall–Kier alpha value is -5.36. The summed E-state index contributed by atoms with van der Waals surface area (Å²) in [4.78, 5) is 46.1. The van der Waals surface area contributed by atoms with Crippen LogP contribution < -0.4 is 20.8 Å². The van der Waals surface area contributed by atoms with Crippen LogP contribution in [0.25, 0.3) is 0 Å². The van der Waals surface area contributed by atoms with Gasteiger partial charge in [-0.1, -0.05) is 0 Å². The number of fused-ring (bicyclic) bond motifs is 2. The second-order valence-electron chi connectivity index (χ2n) is 11.4. The predicted molar refractivity (Wildman–Crippen MR) is 183 cm³/mol. The number of methoxy groups -OCH3 is 2. The van der Waals surface area contributed by atoms with Crippen LogP contribution in [-0.4, -0.2) is 32.1 Å². The van der Waals surface area contributed by atoms with Gasteiger partial charge in [0.15, 0.2) is 0 Å². The molecule has 0 saturated heterocycles. The molecule has 0 bridgehead atoms. The molecule has 0 saturated carbocycles. The molecule has 0 aromatic heterocycles. The number of rotatable bonds is 7. The van der Waals surface area contributed by atoms with Gasteiger partial charge in [-0.3, -0.25) is 0 Å². The molecule has 2 heterocycles. The average molecular weight is 642 g/mol. The maximum absolute atomic E-state index is 15.4. The molecule has 0 radical (unpaired) electrons. The number of hydrogen-bond acceptors (Lipinski definition) is 6. The van der Waals surface area contributed by atoms with Crippen LogP contribution in [0, 0.1) is 0 Å². The molecule has 0 aliphatic carbocycles. The summed E-state index contributed by atoms with van der Waals surface area (Å²) < 4.78 is 18.8. The standard InChI is InChI=1S/C39H32NO6P/c1-44-36(41)34-35(37(42)45-2)47(29-19-9-4-10-20-29,30-21-11-5-12-22-30,31-23-13-6-14-24-31)46-39(34)32-25-15-16-26-33(32)40(38(39)43)27-28-17-7-3-8-18-28/h3-26H,27H2,1-2H3. The first-order chi connectivity index (χ1) is 22.9. The summed E-state index contributed by atoms with van der Waals surface area (Å²) in [7, 11) is 2.51. The van der Waals surface area contributed by atoms with E-state index in [2.05, 4.69) is 0 Å². The number of hydrogen-bond donors (Lipinski definition) is 0. The first-order valence-corrected chi connectivity index (χ1v) is 17.4. The van der Waals surface area contributed by atoms with E-state index in [0.717, 1.165) is 5.56 Å². The molecule has 0 fully saturated rings. The van der Waals surface area contributed by atoms with E-state index in [0.29, 0.717) is 27.2 Å². The normalized spacial score (nSPS) is 19.9. The van der Waals surface area contributed by atoms with Crippen molar-refractivity contribution in [2.75, 3.05) is 19.1 Å². The summed E-state index contributed by atoms with van der Waals surface area (Å²) in [6, 6.07) is 45.0. The Morgan fingerprint density at radius 2 is 1.09 bits per heavy atom. The summed E-state index contributed by atoms with van der Waals surface area (Å²) in [5.41, 5.74) is -0.360. The molecular weight excluding hydrogens is 609 g/mol. The van der Waals surface area contributed by atoms with Crippen LogP contribution in [0.2, 0.25) is 0 Å². The maximum atomic E-state index is 15.4.